The Morgan fingerprint density at radius 3 is 2.16 bits per heavy atom. The van der Waals surface area contributed by atoms with Crippen molar-refractivity contribution in [3.05, 3.63) is 87.6 Å². The highest BCUT2D eigenvalue weighted by Gasteiger charge is 2.06. The lowest BCUT2D eigenvalue weighted by atomic mass is 10.2. The van der Waals surface area contributed by atoms with E-state index >= 15 is 0 Å². The Morgan fingerprint density at radius 2 is 1.58 bits per heavy atom. The highest BCUT2D eigenvalue weighted by atomic mass is 16.6. The van der Waals surface area contributed by atoms with Crippen molar-refractivity contribution in [1.29, 1.82) is 0 Å². The molecule has 0 N–H and O–H groups in total. The van der Waals surface area contributed by atoms with Gasteiger partial charge in [-0.1, -0.05) is 54.5 Å². The number of nitro groups is 1. The fourth-order valence-corrected chi connectivity index (χ4v) is 1.50. The molecule has 19 heavy (non-hydrogen) atoms. The third kappa shape index (κ3) is 3.83. The molecular weight excluding hydrogens is 238 g/mol. The molecule has 3 heteroatoms. The predicted molar refractivity (Wildman–Crippen MR) is 74.7 cm³/mol. The topological polar surface area (TPSA) is 43.1 Å². The molecule has 0 atom stereocenters. The average molecular weight is 249 g/mol. The summed E-state index contributed by atoms with van der Waals surface area (Å²) in [6.45, 7) is 0. The van der Waals surface area contributed by atoms with Gasteiger partial charge in [-0.2, -0.15) is 0 Å². The van der Waals surface area contributed by atoms with Crippen LogP contribution >= 0.6 is 0 Å². The Hall–Kier alpha value is -2.86. The molecule has 2 aromatic carbocycles. The summed E-state index contributed by atoms with van der Waals surface area (Å²) in [5.41, 5.74) is 1.40. The van der Waals surface area contributed by atoms with Crippen LogP contribution in [-0.2, 0) is 0 Å². The predicted octanol–water partition coefficient (Wildman–Crippen LogP) is 3.36. The van der Waals surface area contributed by atoms with E-state index in [2.05, 4.69) is 11.8 Å². The van der Waals surface area contributed by atoms with E-state index in [1.807, 2.05) is 48.5 Å². The molecule has 0 aliphatic heterocycles. The van der Waals surface area contributed by atoms with Crippen molar-refractivity contribution in [2.75, 3.05) is 0 Å². The summed E-state index contributed by atoms with van der Waals surface area (Å²) in [5, 5.41) is 11.0. The largest absolute Gasteiger partial charge is 0.320 e. The quantitative estimate of drug-likeness (QED) is 0.465. The van der Waals surface area contributed by atoms with E-state index in [0.717, 1.165) is 11.1 Å². The molecule has 0 heterocycles. The van der Waals surface area contributed by atoms with Gasteiger partial charge in [0.1, 0.15) is 0 Å². The van der Waals surface area contributed by atoms with Crippen LogP contribution in [0.3, 0.4) is 0 Å². The molecule has 0 unspecified atom stereocenters. The first-order valence-corrected chi connectivity index (χ1v) is 5.74. The zero-order valence-corrected chi connectivity index (χ0v) is 10.1. The zero-order chi connectivity index (χ0) is 13.5. The Kier molecular flexibility index (Phi) is 4.09. The van der Waals surface area contributed by atoms with E-state index in [0.29, 0.717) is 0 Å². The lowest BCUT2D eigenvalue weighted by Crippen LogP contribution is -1.95. The van der Waals surface area contributed by atoms with Gasteiger partial charge in [0.25, 0.3) is 0 Å². The minimum Gasteiger partial charge on any atom is -0.258 e. The van der Waals surface area contributed by atoms with Crippen molar-refractivity contribution < 1.29 is 4.92 Å². The number of nitrogens with zero attached hydrogens (tertiary/aromatic N) is 1. The maximum Gasteiger partial charge on any atom is 0.320 e. The van der Waals surface area contributed by atoms with E-state index in [1.54, 1.807) is 12.1 Å². The second-order valence-electron chi connectivity index (χ2n) is 3.81. The second kappa shape index (κ2) is 6.18. The molecule has 0 amide bonds. The smallest absolute Gasteiger partial charge is 0.258 e. The van der Waals surface area contributed by atoms with Gasteiger partial charge in [-0.3, -0.25) is 10.1 Å². The van der Waals surface area contributed by atoms with Crippen molar-refractivity contribution in [1.82, 2.24) is 0 Å². The lowest BCUT2D eigenvalue weighted by molar-refractivity contribution is -0.415. The van der Waals surface area contributed by atoms with Crippen molar-refractivity contribution in [2.45, 2.75) is 0 Å². The maximum atomic E-state index is 11.0. The molecule has 0 spiro atoms. The summed E-state index contributed by atoms with van der Waals surface area (Å²) in [7, 11) is 0. The molecule has 0 radical (unpaired) electrons. The number of hydrogen-bond acceptors (Lipinski definition) is 2. The summed E-state index contributed by atoms with van der Waals surface area (Å²) in [6, 6.07) is 18.3. The van der Waals surface area contributed by atoms with Gasteiger partial charge in [-0.25, -0.2) is 0 Å². The van der Waals surface area contributed by atoms with E-state index in [9.17, 15) is 10.1 Å². The molecule has 3 nitrogen and oxygen atoms in total. The van der Waals surface area contributed by atoms with Crippen LogP contribution in [-0.4, -0.2) is 4.92 Å². The fraction of sp³-hybridized carbons (Fsp3) is 0. The van der Waals surface area contributed by atoms with Crippen LogP contribution in [0.2, 0.25) is 0 Å². The molecule has 0 saturated carbocycles. The van der Waals surface area contributed by atoms with Crippen molar-refractivity contribution in [3.8, 4) is 11.8 Å². The summed E-state index contributed by atoms with van der Waals surface area (Å²) in [6.07, 6.45) is 1.47. The maximum absolute atomic E-state index is 11.0. The standard InChI is InChI=1S/C16H11NO2/c18-17(19)16(13-15-9-5-2-6-10-15)12-11-14-7-3-1-4-8-14/h1-10,13H/b16-13+. The van der Waals surface area contributed by atoms with Gasteiger partial charge in [-0.05, 0) is 17.7 Å². The molecule has 0 aliphatic carbocycles. The van der Waals surface area contributed by atoms with Crippen LogP contribution in [0.15, 0.2) is 66.4 Å². The van der Waals surface area contributed by atoms with Gasteiger partial charge in [0.2, 0.25) is 0 Å². The molecule has 2 aromatic rings. The third-order valence-corrected chi connectivity index (χ3v) is 2.41. The normalized spacial score (nSPS) is 10.4. The average Bonchev–Trinajstić information content (AvgIpc) is 2.45. The summed E-state index contributed by atoms with van der Waals surface area (Å²) in [5.74, 6) is 5.38. The SMILES string of the molecule is O=[N+]([O-])/C(C#Cc1ccccc1)=C/c1ccccc1. The van der Waals surface area contributed by atoms with Gasteiger partial charge >= 0.3 is 5.70 Å². The Morgan fingerprint density at radius 1 is 1.00 bits per heavy atom. The lowest BCUT2D eigenvalue weighted by Gasteiger charge is -1.92. The summed E-state index contributed by atoms with van der Waals surface area (Å²) in [4.78, 5) is 10.5. The summed E-state index contributed by atoms with van der Waals surface area (Å²) < 4.78 is 0. The fourth-order valence-electron chi connectivity index (χ4n) is 1.50. The second-order valence-corrected chi connectivity index (χ2v) is 3.81. The van der Waals surface area contributed by atoms with Gasteiger partial charge in [0.15, 0.2) is 0 Å². The minimum absolute atomic E-state index is 0.116. The summed E-state index contributed by atoms with van der Waals surface area (Å²) >= 11 is 0. The molecule has 2 rings (SSSR count). The number of allylic oxidation sites excluding steroid dienone is 1. The molecule has 92 valence electrons. The first-order chi connectivity index (χ1) is 9.25. The number of benzene rings is 2. The van der Waals surface area contributed by atoms with Crippen LogP contribution in [0.1, 0.15) is 11.1 Å². The van der Waals surface area contributed by atoms with Gasteiger partial charge in [-0.15, -0.1) is 0 Å². The van der Waals surface area contributed by atoms with Crippen molar-refractivity contribution in [2.24, 2.45) is 0 Å². The Bertz CT molecular complexity index is 649. The number of rotatable bonds is 2. The van der Waals surface area contributed by atoms with Crippen LogP contribution in [0.25, 0.3) is 6.08 Å². The van der Waals surface area contributed by atoms with E-state index in [-0.39, 0.29) is 5.70 Å². The van der Waals surface area contributed by atoms with Crippen LogP contribution in [0.4, 0.5) is 0 Å². The molecule has 0 bridgehead atoms. The zero-order valence-electron chi connectivity index (χ0n) is 10.1. The Balaban J connectivity index is 2.31. The molecule has 0 aliphatic rings. The molecular formula is C16H11NO2. The highest BCUT2D eigenvalue weighted by Crippen LogP contribution is 2.07. The monoisotopic (exact) mass is 249 g/mol. The first-order valence-electron chi connectivity index (χ1n) is 5.74. The highest BCUT2D eigenvalue weighted by molar-refractivity contribution is 5.56. The van der Waals surface area contributed by atoms with Gasteiger partial charge in [0, 0.05) is 17.6 Å². The van der Waals surface area contributed by atoms with Crippen LogP contribution in [0.5, 0.6) is 0 Å². The minimum atomic E-state index is -0.469. The van der Waals surface area contributed by atoms with Crippen molar-refractivity contribution in [3.63, 3.8) is 0 Å². The number of hydrogen-bond donors (Lipinski definition) is 0. The molecule has 0 aromatic heterocycles. The third-order valence-electron chi connectivity index (χ3n) is 2.41. The molecule has 0 fully saturated rings. The van der Waals surface area contributed by atoms with Crippen LogP contribution < -0.4 is 0 Å². The van der Waals surface area contributed by atoms with E-state index in [4.69, 9.17) is 0 Å². The van der Waals surface area contributed by atoms with Gasteiger partial charge < -0.3 is 0 Å². The van der Waals surface area contributed by atoms with Crippen molar-refractivity contribution >= 4 is 6.08 Å². The first kappa shape index (κ1) is 12.6. The van der Waals surface area contributed by atoms with E-state index < -0.39 is 4.92 Å². The van der Waals surface area contributed by atoms with Crippen LogP contribution in [0, 0.1) is 22.0 Å². The van der Waals surface area contributed by atoms with Gasteiger partial charge in [0.05, 0.1) is 4.92 Å². The van der Waals surface area contributed by atoms with E-state index in [1.165, 1.54) is 6.08 Å². The Labute approximate surface area is 111 Å². The molecule has 0 saturated heterocycles.